The average molecular weight is 595 g/mol. The van der Waals surface area contributed by atoms with Crippen LogP contribution in [-0.2, 0) is 52.2 Å². The van der Waals surface area contributed by atoms with E-state index in [-0.39, 0.29) is 12.3 Å². The summed E-state index contributed by atoms with van der Waals surface area (Å²) < 4.78 is 54.5. The van der Waals surface area contributed by atoms with Crippen molar-refractivity contribution < 1.29 is 52.2 Å². The van der Waals surface area contributed by atoms with Gasteiger partial charge in [0, 0.05) is 13.0 Å². The third kappa shape index (κ3) is 29.0. The van der Waals surface area contributed by atoms with Gasteiger partial charge in [0.25, 0.3) is 0 Å². The molecule has 0 bridgehead atoms. The van der Waals surface area contributed by atoms with Gasteiger partial charge in [0.1, 0.15) is 6.61 Å². The van der Waals surface area contributed by atoms with Gasteiger partial charge in [0.2, 0.25) is 0 Å². The number of carbonyl (C=O) groups excluding carboxylic acids is 1. The summed E-state index contributed by atoms with van der Waals surface area (Å²) in [5.41, 5.74) is 0. The van der Waals surface area contributed by atoms with Crippen LogP contribution in [0.25, 0.3) is 0 Å². The van der Waals surface area contributed by atoms with E-state index in [0.717, 1.165) is 32.3 Å². The van der Waals surface area contributed by atoms with E-state index in [1.807, 2.05) is 0 Å². The number of ether oxygens (including phenoxy) is 10. The zero-order valence-electron chi connectivity index (χ0n) is 25.7. The van der Waals surface area contributed by atoms with Gasteiger partial charge in [-0.2, -0.15) is 0 Å². The molecule has 0 aromatic rings. The summed E-state index contributed by atoms with van der Waals surface area (Å²) in [7, 11) is 0. The molecule has 1 heterocycles. The number of hydrogen-bond acceptors (Lipinski definition) is 11. The minimum atomic E-state index is -0.139. The van der Waals surface area contributed by atoms with Crippen molar-refractivity contribution in [2.45, 2.75) is 77.4 Å². The van der Waals surface area contributed by atoms with Crippen LogP contribution in [-0.4, -0.2) is 125 Å². The van der Waals surface area contributed by atoms with Crippen LogP contribution < -0.4 is 0 Å². The van der Waals surface area contributed by atoms with Gasteiger partial charge in [0.15, 0.2) is 6.29 Å². The predicted molar refractivity (Wildman–Crippen MR) is 154 cm³/mol. The van der Waals surface area contributed by atoms with E-state index in [4.69, 9.17) is 47.4 Å². The second-order valence-corrected chi connectivity index (χ2v) is 9.69. The first-order valence-corrected chi connectivity index (χ1v) is 15.8. The molecule has 0 amide bonds. The molecular formula is C30H58O11. The molecule has 11 nitrogen and oxygen atoms in total. The molecule has 1 aliphatic rings. The van der Waals surface area contributed by atoms with Crippen molar-refractivity contribution in [3.8, 4) is 0 Å². The largest absolute Gasteiger partial charge is 0.463 e. The molecule has 41 heavy (non-hydrogen) atoms. The van der Waals surface area contributed by atoms with Crippen LogP contribution in [0, 0.1) is 0 Å². The van der Waals surface area contributed by atoms with Crippen LogP contribution in [0.3, 0.4) is 0 Å². The molecule has 244 valence electrons. The van der Waals surface area contributed by atoms with Gasteiger partial charge < -0.3 is 47.4 Å². The first kappa shape index (κ1) is 38.1. The Bertz CT molecular complexity index is 533. The fraction of sp³-hybridized carbons (Fsp3) is 0.967. The van der Waals surface area contributed by atoms with E-state index in [0.29, 0.717) is 112 Å². The molecule has 0 aliphatic carbocycles. The third-order valence-corrected chi connectivity index (χ3v) is 6.13. The minimum Gasteiger partial charge on any atom is -0.463 e. The molecule has 1 rings (SSSR count). The molecule has 1 saturated heterocycles. The summed E-state index contributed by atoms with van der Waals surface area (Å²) in [6.45, 7) is 10.8. The molecule has 0 saturated carbocycles. The van der Waals surface area contributed by atoms with Crippen LogP contribution >= 0.6 is 0 Å². The van der Waals surface area contributed by atoms with Crippen molar-refractivity contribution in [3.05, 3.63) is 0 Å². The molecule has 1 unspecified atom stereocenters. The van der Waals surface area contributed by atoms with Gasteiger partial charge in [-0.05, 0) is 25.7 Å². The highest BCUT2D eigenvalue weighted by molar-refractivity contribution is 5.69. The lowest BCUT2D eigenvalue weighted by Crippen LogP contribution is -2.24. The Morgan fingerprint density at radius 2 is 1.00 bits per heavy atom. The number of hydrogen-bond donors (Lipinski definition) is 0. The molecular weight excluding hydrogens is 536 g/mol. The first-order valence-electron chi connectivity index (χ1n) is 15.8. The number of carbonyl (C=O) groups is 1. The summed E-state index contributed by atoms with van der Waals surface area (Å²) in [4.78, 5) is 11.6. The molecule has 1 atom stereocenters. The number of esters is 1. The van der Waals surface area contributed by atoms with Crippen LogP contribution in [0.4, 0.5) is 0 Å². The van der Waals surface area contributed by atoms with Crippen LogP contribution in [0.15, 0.2) is 0 Å². The normalized spacial score (nSPS) is 15.4. The van der Waals surface area contributed by atoms with E-state index in [2.05, 4.69) is 6.92 Å². The average Bonchev–Trinajstić information content (AvgIpc) is 2.99. The van der Waals surface area contributed by atoms with Gasteiger partial charge in [-0.1, -0.05) is 39.0 Å². The quantitative estimate of drug-likeness (QED) is 0.0834. The Labute approximate surface area is 248 Å². The van der Waals surface area contributed by atoms with Crippen molar-refractivity contribution in [1.82, 2.24) is 0 Å². The zero-order chi connectivity index (χ0) is 29.3. The number of rotatable bonds is 32. The smallest absolute Gasteiger partial charge is 0.305 e. The predicted octanol–water partition coefficient (Wildman–Crippen LogP) is 3.94. The Kier molecular flexibility index (Phi) is 29.8. The summed E-state index contributed by atoms with van der Waals surface area (Å²) in [5.74, 6) is -0.139. The highest BCUT2D eigenvalue weighted by atomic mass is 16.7. The molecule has 0 aromatic carbocycles. The van der Waals surface area contributed by atoms with Crippen molar-refractivity contribution in [2.75, 3.05) is 112 Å². The lowest BCUT2D eigenvalue weighted by molar-refractivity contribution is -0.169. The molecule has 0 spiro atoms. The maximum atomic E-state index is 11.6. The maximum absolute atomic E-state index is 11.6. The van der Waals surface area contributed by atoms with Crippen molar-refractivity contribution in [1.29, 1.82) is 0 Å². The molecule has 0 radical (unpaired) electrons. The van der Waals surface area contributed by atoms with Crippen molar-refractivity contribution >= 4 is 5.97 Å². The van der Waals surface area contributed by atoms with E-state index in [1.165, 1.54) is 32.1 Å². The molecule has 0 N–H and O–H groups in total. The topological polar surface area (TPSA) is 109 Å². The van der Waals surface area contributed by atoms with Gasteiger partial charge >= 0.3 is 5.97 Å². The molecule has 1 aliphatic heterocycles. The summed E-state index contributed by atoms with van der Waals surface area (Å²) in [5, 5.41) is 0. The summed E-state index contributed by atoms with van der Waals surface area (Å²) in [6, 6.07) is 0. The number of unbranched alkanes of at least 4 members (excludes halogenated alkanes) is 5. The standard InChI is InChI=1S/C30H58O11/c1-2-3-4-5-6-7-10-29(31)39-27-25-37-23-21-35-19-17-33-15-13-32-14-16-34-18-20-36-22-24-38-26-28-41-30-11-8-9-12-40-30/h30H,2-28H2,1H3. The third-order valence-electron chi connectivity index (χ3n) is 6.13. The lowest BCUT2D eigenvalue weighted by atomic mass is 10.1. The maximum Gasteiger partial charge on any atom is 0.305 e. The fourth-order valence-corrected chi connectivity index (χ4v) is 3.84. The summed E-state index contributed by atoms with van der Waals surface area (Å²) in [6.07, 6.45) is 10.6. The fourth-order valence-electron chi connectivity index (χ4n) is 3.84. The van der Waals surface area contributed by atoms with Gasteiger partial charge in [0.05, 0.1) is 99.1 Å². The van der Waals surface area contributed by atoms with Crippen LogP contribution in [0.2, 0.25) is 0 Å². The zero-order valence-corrected chi connectivity index (χ0v) is 25.7. The second-order valence-electron chi connectivity index (χ2n) is 9.69. The highest BCUT2D eigenvalue weighted by Crippen LogP contribution is 2.13. The Hall–Kier alpha value is -0.890. The monoisotopic (exact) mass is 594 g/mol. The highest BCUT2D eigenvalue weighted by Gasteiger charge is 2.13. The molecule has 1 fully saturated rings. The Morgan fingerprint density at radius 1 is 0.561 bits per heavy atom. The van der Waals surface area contributed by atoms with Crippen LogP contribution in [0.5, 0.6) is 0 Å². The minimum absolute atomic E-state index is 0.0648. The van der Waals surface area contributed by atoms with Gasteiger partial charge in [-0.25, -0.2) is 0 Å². The molecule has 0 aromatic heterocycles. The lowest BCUT2D eigenvalue weighted by Gasteiger charge is -2.22. The van der Waals surface area contributed by atoms with E-state index in [1.54, 1.807) is 0 Å². The van der Waals surface area contributed by atoms with E-state index < -0.39 is 0 Å². The van der Waals surface area contributed by atoms with E-state index in [9.17, 15) is 4.79 Å². The van der Waals surface area contributed by atoms with Gasteiger partial charge in [-0.15, -0.1) is 0 Å². The van der Waals surface area contributed by atoms with Crippen LogP contribution in [0.1, 0.15) is 71.1 Å². The molecule has 11 heteroatoms. The first-order chi connectivity index (χ1) is 20.3. The Morgan fingerprint density at radius 3 is 1.46 bits per heavy atom. The van der Waals surface area contributed by atoms with Crippen molar-refractivity contribution in [3.63, 3.8) is 0 Å². The Balaban J connectivity index is 1.64. The SMILES string of the molecule is CCCCCCCCC(=O)OCCOCCOCCOCCOCCOCCOCCOCCOC1CCCCO1. The van der Waals surface area contributed by atoms with Crippen molar-refractivity contribution in [2.24, 2.45) is 0 Å². The summed E-state index contributed by atoms with van der Waals surface area (Å²) >= 11 is 0. The van der Waals surface area contributed by atoms with Gasteiger partial charge in [-0.3, -0.25) is 4.79 Å². The van der Waals surface area contributed by atoms with E-state index >= 15 is 0 Å². The second kappa shape index (κ2) is 32.0.